The molecule has 0 saturated carbocycles. The van der Waals surface area contributed by atoms with Crippen LogP contribution < -0.4 is 5.32 Å². The number of hydrogen-bond acceptors (Lipinski definition) is 7. The summed E-state index contributed by atoms with van der Waals surface area (Å²) in [7, 11) is 3.81. The van der Waals surface area contributed by atoms with E-state index in [9.17, 15) is 19.2 Å². The number of rotatable bonds is 12. The van der Waals surface area contributed by atoms with Gasteiger partial charge in [-0.2, -0.15) is 0 Å². The number of carbonyl (C=O) groups excluding carboxylic acids is 4. The van der Waals surface area contributed by atoms with E-state index in [1.807, 2.05) is 72.1 Å². The molecule has 3 fully saturated rings. The van der Waals surface area contributed by atoms with Crippen LogP contribution in [0.5, 0.6) is 0 Å². The maximum absolute atomic E-state index is 14.2. The highest BCUT2D eigenvalue weighted by Crippen LogP contribution is 2.30. The summed E-state index contributed by atoms with van der Waals surface area (Å²) < 4.78 is 5.99. The van der Waals surface area contributed by atoms with Crippen molar-refractivity contribution in [3.63, 3.8) is 0 Å². The number of amides is 3. The molecule has 268 valence electrons. The third-order valence-corrected chi connectivity index (χ3v) is 10.8. The largest absolute Gasteiger partial charge is 0.456 e. The molecule has 1 aromatic rings. The van der Waals surface area contributed by atoms with Crippen LogP contribution in [0.1, 0.15) is 105 Å². The van der Waals surface area contributed by atoms with Crippen molar-refractivity contribution >= 4 is 23.7 Å². The quantitative estimate of drug-likeness (QED) is 0.325. The Kier molecular flexibility index (Phi) is 13.1. The van der Waals surface area contributed by atoms with E-state index in [4.69, 9.17) is 4.74 Å². The lowest BCUT2D eigenvalue weighted by Crippen LogP contribution is -2.61. The first kappa shape index (κ1) is 37.8. The van der Waals surface area contributed by atoms with E-state index in [1.54, 1.807) is 9.80 Å². The average Bonchev–Trinajstić information content (AvgIpc) is 3.74. The number of hydrogen-bond donors (Lipinski definition) is 1. The number of nitrogens with zero attached hydrogens (tertiary/aromatic N) is 4. The number of nitrogens with one attached hydrogen (secondary N) is 1. The standard InChI is InChI=1S/C38H61N5O5/c1-9-32(27-17-11-10-12-18-27)48-37(47)30-21-16-24-43(30)35(45)29-20-15-23-42(29)25-31(26(2)3)41(8)36(46)33(38(4,5)6)39-34(44)28-19-13-14-22-40(28)7/h10-12,17-18,26,28-33H,9,13-16,19-25H2,1-8H3,(H,39,44)/t28-,29?,30?,31-,32?,33?/m1/s1. The van der Waals surface area contributed by atoms with E-state index in [1.165, 1.54) is 0 Å². The molecule has 3 aliphatic heterocycles. The van der Waals surface area contributed by atoms with Gasteiger partial charge in [0.05, 0.1) is 12.1 Å². The van der Waals surface area contributed by atoms with E-state index in [2.05, 4.69) is 29.0 Å². The molecule has 1 N–H and O–H groups in total. The van der Waals surface area contributed by atoms with Crippen molar-refractivity contribution in [2.45, 2.75) is 129 Å². The zero-order chi connectivity index (χ0) is 35.2. The maximum atomic E-state index is 14.2. The smallest absolute Gasteiger partial charge is 0.329 e. The summed E-state index contributed by atoms with van der Waals surface area (Å²) in [6, 6.07) is 7.76. The minimum absolute atomic E-state index is 0.0207. The molecule has 10 heteroatoms. The zero-order valence-electron chi connectivity index (χ0n) is 30.7. The molecule has 0 spiro atoms. The van der Waals surface area contributed by atoms with Crippen LogP contribution in [0, 0.1) is 11.3 Å². The maximum Gasteiger partial charge on any atom is 0.329 e. The van der Waals surface area contributed by atoms with E-state index in [0.29, 0.717) is 25.9 Å². The topological polar surface area (TPSA) is 102 Å². The van der Waals surface area contributed by atoms with Crippen molar-refractivity contribution in [3.8, 4) is 0 Å². The molecule has 0 bridgehead atoms. The molecule has 0 radical (unpaired) electrons. The minimum atomic E-state index is -0.679. The average molecular weight is 668 g/mol. The van der Waals surface area contributed by atoms with E-state index in [-0.39, 0.29) is 53.8 Å². The van der Waals surface area contributed by atoms with E-state index < -0.39 is 17.5 Å². The van der Waals surface area contributed by atoms with Crippen LogP contribution in [0.15, 0.2) is 30.3 Å². The Labute approximate surface area is 288 Å². The molecule has 48 heavy (non-hydrogen) atoms. The predicted molar refractivity (Wildman–Crippen MR) is 188 cm³/mol. The normalized spacial score (nSPS) is 24.3. The monoisotopic (exact) mass is 667 g/mol. The third-order valence-electron chi connectivity index (χ3n) is 10.8. The van der Waals surface area contributed by atoms with Crippen LogP contribution in [0.4, 0.5) is 0 Å². The molecule has 3 heterocycles. The zero-order valence-corrected chi connectivity index (χ0v) is 30.7. The molecule has 3 amide bonds. The lowest BCUT2D eigenvalue weighted by atomic mass is 9.84. The first-order chi connectivity index (χ1) is 22.7. The lowest BCUT2D eigenvalue weighted by Gasteiger charge is -2.41. The SMILES string of the molecule is CCC(OC(=O)C1CCCN1C(=O)C1CCCN1C[C@H](C(C)C)N(C)C(=O)C(NC(=O)[C@H]1CCCCN1C)C(C)(C)C)c1ccccc1. The van der Waals surface area contributed by atoms with Crippen LogP contribution in [-0.4, -0.2) is 114 Å². The lowest BCUT2D eigenvalue weighted by molar-refractivity contribution is -0.159. The van der Waals surface area contributed by atoms with Gasteiger partial charge >= 0.3 is 5.97 Å². The molecule has 6 atom stereocenters. The summed E-state index contributed by atoms with van der Waals surface area (Å²) in [6.07, 6.45) is 6.17. The van der Waals surface area contributed by atoms with Crippen LogP contribution in [-0.2, 0) is 23.9 Å². The van der Waals surface area contributed by atoms with Gasteiger partial charge < -0.3 is 19.9 Å². The van der Waals surface area contributed by atoms with Crippen molar-refractivity contribution in [2.24, 2.45) is 11.3 Å². The number of likely N-dealkylation sites (tertiary alicyclic amines) is 3. The van der Waals surface area contributed by atoms with Gasteiger partial charge in [-0.15, -0.1) is 0 Å². The highest BCUT2D eigenvalue weighted by atomic mass is 16.5. The van der Waals surface area contributed by atoms with Gasteiger partial charge in [0.15, 0.2) is 0 Å². The molecular formula is C38H61N5O5. The predicted octanol–water partition coefficient (Wildman–Crippen LogP) is 4.63. The summed E-state index contributed by atoms with van der Waals surface area (Å²) in [5, 5.41) is 3.14. The molecule has 10 nitrogen and oxygen atoms in total. The number of likely N-dealkylation sites (N-methyl/N-ethyl adjacent to an activating group) is 2. The number of ether oxygens (including phenoxy) is 1. The number of esters is 1. The molecule has 4 rings (SSSR count). The van der Waals surface area contributed by atoms with Crippen molar-refractivity contribution in [3.05, 3.63) is 35.9 Å². The van der Waals surface area contributed by atoms with E-state index in [0.717, 1.165) is 57.2 Å². The van der Waals surface area contributed by atoms with Gasteiger partial charge in [-0.05, 0) is 82.0 Å². The molecule has 4 unspecified atom stereocenters. The van der Waals surface area contributed by atoms with Crippen molar-refractivity contribution in [1.29, 1.82) is 0 Å². The second kappa shape index (κ2) is 16.6. The number of piperidine rings is 1. The molecule has 0 aromatic heterocycles. The first-order valence-corrected chi connectivity index (χ1v) is 18.3. The summed E-state index contributed by atoms with van der Waals surface area (Å²) in [5.74, 6) is -0.428. The first-order valence-electron chi connectivity index (χ1n) is 18.3. The third kappa shape index (κ3) is 8.97. The van der Waals surface area contributed by atoms with Crippen molar-refractivity contribution in [1.82, 2.24) is 24.9 Å². The van der Waals surface area contributed by atoms with Gasteiger partial charge in [0.2, 0.25) is 17.7 Å². The Bertz CT molecular complexity index is 1250. The summed E-state index contributed by atoms with van der Waals surface area (Å²) >= 11 is 0. The van der Waals surface area contributed by atoms with Gasteiger partial charge in [-0.3, -0.25) is 24.2 Å². The second-order valence-corrected chi connectivity index (χ2v) is 15.6. The highest BCUT2D eigenvalue weighted by Gasteiger charge is 2.44. The summed E-state index contributed by atoms with van der Waals surface area (Å²) in [6.45, 7) is 14.9. The van der Waals surface area contributed by atoms with Crippen LogP contribution in [0.3, 0.4) is 0 Å². The number of carbonyl (C=O) groups is 4. The molecule has 0 aliphatic carbocycles. The molecule has 3 aliphatic rings. The second-order valence-electron chi connectivity index (χ2n) is 15.6. The Hall–Kier alpha value is -2.98. The molecular weight excluding hydrogens is 606 g/mol. The van der Waals surface area contributed by atoms with Crippen molar-refractivity contribution in [2.75, 3.05) is 40.3 Å². The Morgan fingerprint density at radius 2 is 1.56 bits per heavy atom. The summed E-state index contributed by atoms with van der Waals surface area (Å²) in [4.78, 5) is 63.1. The minimum Gasteiger partial charge on any atom is -0.456 e. The summed E-state index contributed by atoms with van der Waals surface area (Å²) in [5.41, 5.74) is 0.470. The fraction of sp³-hybridized carbons (Fsp3) is 0.737. The Morgan fingerprint density at radius 3 is 2.19 bits per heavy atom. The number of benzene rings is 1. The van der Waals surface area contributed by atoms with Crippen LogP contribution in [0.2, 0.25) is 0 Å². The van der Waals surface area contributed by atoms with Crippen molar-refractivity contribution < 1.29 is 23.9 Å². The highest BCUT2D eigenvalue weighted by molar-refractivity contribution is 5.91. The van der Waals surface area contributed by atoms with Gasteiger partial charge in [0, 0.05) is 26.2 Å². The van der Waals surface area contributed by atoms with Gasteiger partial charge in [-0.1, -0.05) is 78.3 Å². The van der Waals surface area contributed by atoms with Gasteiger partial charge in [0.25, 0.3) is 0 Å². The van der Waals surface area contributed by atoms with E-state index >= 15 is 0 Å². The van der Waals surface area contributed by atoms with Crippen LogP contribution >= 0.6 is 0 Å². The molecule has 3 saturated heterocycles. The fourth-order valence-electron chi connectivity index (χ4n) is 7.75. The molecule has 1 aromatic carbocycles. The van der Waals surface area contributed by atoms with Gasteiger partial charge in [0.1, 0.15) is 18.2 Å². The van der Waals surface area contributed by atoms with Crippen LogP contribution in [0.25, 0.3) is 0 Å². The van der Waals surface area contributed by atoms with Gasteiger partial charge in [-0.25, -0.2) is 4.79 Å². The Balaban J connectivity index is 1.44. The fourth-order valence-corrected chi connectivity index (χ4v) is 7.75. The Morgan fingerprint density at radius 1 is 0.917 bits per heavy atom.